The second-order valence-electron chi connectivity index (χ2n) is 8.83. The van der Waals surface area contributed by atoms with E-state index in [2.05, 4.69) is 16.8 Å². The number of benzene rings is 1. The summed E-state index contributed by atoms with van der Waals surface area (Å²) in [6.07, 6.45) is 6.18. The van der Waals surface area contributed by atoms with Crippen LogP contribution in [0.3, 0.4) is 0 Å². The van der Waals surface area contributed by atoms with Crippen molar-refractivity contribution >= 4 is 5.91 Å². The largest absolute Gasteiger partial charge is 0.504 e. The molecule has 1 aromatic rings. The van der Waals surface area contributed by atoms with Crippen LogP contribution in [-0.2, 0) is 11.3 Å². The summed E-state index contributed by atoms with van der Waals surface area (Å²) in [5, 5.41) is 10.0. The van der Waals surface area contributed by atoms with Crippen LogP contribution in [0.25, 0.3) is 0 Å². The van der Waals surface area contributed by atoms with Crippen LogP contribution in [0.4, 0.5) is 0 Å². The first-order valence-electron chi connectivity index (χ1n) is 11.0. The Bertz CT molecular complexity index is 673. The van der Waals surface area contributed by atoms with Crippen molar-refractivity contribution in [3.8, 4) is 11.5 Å². The summed E-state index contributed by atoms with van der Waals surface area (Å²) in [5.74, 6) is 1.58. The monoisotopic (exact) mass is 403 g/mol. The summed E-state index contributed by atoms with van der Waals surface area (Å²) in [4.78, 5) is 19.5. The number of phenolic OH excluding ortho intramolecular Hbond substituents is 1. The van der Waals surface area contributed by atoms with E-state index in [-0.39, 0.29) is 5.75 Å². The molecule has 2 fully saturated rings. The molecule has 3 rings (SSSR count). The van der Waals surface area contributed by atoms with Crippen LogP contribution in [-0.4, -0.2) is 79.1 Å². The van der Waals surface area contributed by atoms with Gasteiger partial charge in [-0.3, -0.25) is 9.69 Å². The highest BCUT2D eigenvalue weighted by atomic mass is 16.5. The van der Waals surface area contributed by atoms with E-state index in [0.29, 0.717) is 30.0 Å². The zero-order valence-corrected chi connectivity index (χ0v) is 18.3. The number of carbonyl (C=O) groups excluding carboxylic acids is 1. The van der Waals surface area contributed by atoms with Crippen LogP contribution < -0.4 is 4.74 Å². The second-order valence-corrected chi connectivity index (χ2v) is 8.83. The van der Waals surface area contributed by atoms with E-state index in [9.17, 15) is 9.90 Å². The number of methoxy groups -OCH3 is 1. The number of ether oxygens (including phenoxy) is 1. The third kappa shape index (κ3) is 6.09. The zero-order valence-electron chi connectivity index (χ0n) is 18.3. The van der Waals surface area contributed by atoms with Crippen molar-refractivity contribution in [3.05, 3.63) is 23.8 Å². The molecule has 0 spiro atoms. The molecule has 1 aromatic carbocycles. The molecule has 0 saturated carbocycles. The number of hydrogen-bond donors (Lipinski definition) is 1. The first kappa shape index (κ1) is 21.9. The maximum absolute atomic E-state index is 12.7. The first-order valence-corrected chi connectivity index (χ1v) is 11.0. The van der Waals surface area contributed by atoms with Gasteiger partial charge in [0.25, 0.3) is 0 Å². The minimum atomic E-state index is 0.195. The highest BCUT2D eigenvalue weighted by Crippen LogP contribution is 2.28. The molecular formula is C23H37N3O3. The van der Waals surface area contributed by atoms with Crippen LogP contribution in [0.1, 0.15) is 44.1 Å². The van der Waals surface area contributed by atoms with Gasteiger partial charge in [-0.1, -0.05) is 6.07 Å². The van der Waals surface area contributed by atoms with E-state index in [1.807, 2.05) is 24.1 Å². The number of rotatable bonds is 7. The fourth-order valence-corrected chi connectivity index (χ4v) is 4.71. The van der Waals surface area contributed by atoms with Gasteiger partial charge in [-0.25, -0.2) is 0 Å². The molecule has 1 unspecified atom stereocenters. The van der Waals surface area contributed by atoms with Crippen LogP contribution >= 0.6 is 0 Å². The van der Waals surface area contributed by atoms with Crippen molar-refractivity contribution in [1.82, 2.24) is 14.7 Å². The highest BCUT2D eigenvalue weighted by Gasteiger charge is 2.26. The number of piperidine rings is 2. The van der Waals surface area contributed by atoms with Gasteiger partial charge in [0.05, 0.1) is 7.11 Å². The Morgan fingerprint density at radius 1 is 1.24 bits per heavy atom. The van der Waals surface area contributed by atoms with Crippen LogP contribution in [0.15, 0.2) is 18.2 Å². The summed E-state index contributed by atoms with van der Waals surface area (Å²) in [6, 6.07) is 6.04. The molecule has 0 aliphatic carbocycles. The minimum Gasteiger partial charge on any atom is -0.504 e. The van der Waals surface area contributed by atoms with Crippen LogP contribution in [0, 0.1) is 5.92 Å². The van der Waals surface area contributed by atoms with Gasteiger partial charge in [0.1, 0.15) is 0 Å². The lowest BCUT2D eigenvalue weighted by molar-refractivity contribution is -0.133. The third-order valence-corrected chi connectivity index (χ3v) is 6.65. The Morgan fingerprint density at radius 2 is 2.00 bits per heavy atom. The van der Waals surface area contributed by atoms with E-state index >= 15 is 0 Å². The fraction of sp³-hybridized carbons (Fsp3) is 0.696. The molecule has 0 radical (unpaired) electrons. The molecule has 0 bridgehead atoms. The van der Waals surface area contributed by atoms with Gasteiger partial charge in [0, 0.05) is 32.6 Å². The Labute approximate surface area is 175 Å². The third-order valence-electron chi connectivity index (χ3n) is 6.65. The Kier molecular flexibility index (Phi) is 7.78. The van der Waals surface area contributed by atoms with Crippen molar-refractivity contribution < 1.29 is 14.6 Å². The van der Waals surface area contributed by atoms with Gasteiger partial charge >= 0.3 is 0 Å². The number of hydrogen-bond acceptors (Lipinski definition) is 5. The molecule has 29 heavy (non-hydrogen) atoms. The van der Waals surface area contributed by atoms with Crippen molar-refractivity contribution in [2.24, 2.45) is 5.92 Å². The molecule has 6 nitrogen and oxygen atoms in total. The SMILES string of the molecule is COc1ccc(CN2CCCC(CCC(=O)N(C)C3CCN(C)CC3)C2)cc1O. The lowest BCUT2D eigenvalue weighted by atomic mass is 9.92. The minimum absolute atomic E-state index is 0.195. The predicted molar refractivity (Wildman–Crippen MR) is 115 cm³/mol. The van der Waals surface area contributed by atoms with Crippen molar-refractivity contribution in [1.29, 1.82) is 0 Å². The Hall–Kier alpha value is -1.79. The van der Waals surface area contributed by atoms with E-state index in [1.165, 1.54) is 12.8 Å². The van der Waals surface area contributed by atoms with Crippen molar-refractivity contribution in [3.63, 3.8) is 0 Å². The lowest BCUT2D eigenvalue weighted by Gasteiger charge is -2.36. The van der Waals surface area contributed by atoms with Gasteiger partial charge in [0.2, 0.25) is 5.91 Å². The first-order chi connectivity index (χ1) is 14.0. The molecule has 0 aromatic heterocycles. The maximum Gasteiger partial charge on any atom is 0.222 e. The Morgan fingerprint density at radius 3 is 2.69 bits per heavy atom. The number of nitrogens with zero attached hydrogens (tertiary/aromatic N) is 3. The van der Waals surface area contributed by atoms with Gasteiger partial charge in [0.15, 0.2) is 11.5 Å². The molecule has 1 N–H and O–H groups in total. The van der Waals surface area contributed by atoms with Crippen LogP contribution in [0.2, 0.25) is 0 Å². The quantitative estimate of drug-likeness (QED) is 0.759. The number of amides is 1. The smallest absolute Gasteiger partial charge is 0.222 e. The van der Waals surface area contributed by atoms with Crippen molar-refractivity contribution in [2.75, 3.05) is 47.4 Å². The van der Waals surface area contributed by atoms with Gasteiger partial charge in [-0.15, -0.1) is 0 Å². The lowest BCUT2D eigenvalue weighted by Crippen LogP contribution is -2.44. The van der Waals surface area contributed by atoms with E-state index in [0.717, 1.165) is 57.5 Å². The number of phenols is 1. The highest BCUT2D eigenvalue weighted by molar-refractivity contribution is 5.76. The van der Waals surface area contributed by atoms with E-state index in [1.54, 1.807) is 13.2 Å². The van der Waals surface area contributed by atoms with Gasteiger partial charge < -0.3 is 19.6 Å². The summed E-state index contributed by atoms with van der Waals surface area (Å²) >= 11 is 0. The molecule has 2 saturated heterocycles. The summed E-state index contributed by atoms with van der Waals surface area (Å²) in [5.41, 5.74) is 1.10. The molecular weight excluding hydrogens is 366 g/mol. The normalized spacial score (nSPS) is 21.8. The molecule has 1 amide bonds. The van der Waals surface area contributed by atoms with E-state index in [4.69, 9.17) is 4.74 Å². The molecule has 2 aliphatic heterocycles. The standard InChI is InChI=1S/C23H37N3O3/c1-24-13-10-20(11-14-24)25(2)23(28)9-7-18-5-4-12-26(16-18)17-19-6-8-22(29-3)21(27)15-19/h6,8,15,18,20,27H,4-5,7,9-14,16-17H2,1-3H3. The Balaban J connectivity index is 1.44. The maximum atomic E-state index is 12.7. The van der Waals surface area contributed by atoms with Gasteiger partial charge in [-0.2, -0.15) is 0 Å². The summed E-state index contributed by atoms with van der Waals surface area (Å²) < 4.78 is 5.13. The zero-order chi connectivity index (χ0) is 20.8. The predicted octanol–water partition coefficient (Wildman–Crippen LogP) is 2.95. The average molecular weight is 404 g/mol. The molecule has 162 valence electrons. The van der Waals surface area contributed by atoms with Crippen LogP contribution in [0.5, 0.6) is 11.5 Å². The average Bonchev–Trinajstić information content (AvgIpc) is 2.72. The molecule has 1 atom stereocenters. The number of likely N-dealkylation sites (tertiary alicyclic amines) is 2. The molecule has 2 aliphatic rings. The summed E-state index contributed by atoms with van der Waals surface area (Å²) in [6.45, 7) is 5.10. The topological polar surface area (TPSA) is 56.2 Å². The van der Waals surface area contributed by atoms with Crippen molar-refractivity contribution in [2.45, 2.75) is 51.1 Å². The fourth-order valence-electron chi connectivity index (χ4n) is 4.71. The molecule has 2 heterocycles. The summed E-state index contributed by atoms with van der Waals surface area (Å²) in [7, 11) is 5.71. The van der Waals surface area contributed by atoms with E-state index < -0.39 is 0 Å². The number of carbonyl (C=O) groups is 1. The molecule has 6 heteroatoms. The number of aromatic hydroxyl groups is 1. The second kappa shape index (κ2) is 10.3. The van der Waals surface area contributed by atoms with Gasteiger partial charge in [-0.05, 0) is 82.4 Å².